The fourth-order valence-electron chi connectivity index (χ4n) is 3.21. The van der Waals surface area contributed by atoms with Crippen molar-refractivity contribution in [1.82, 2.24) is 14.6 Å². The second-order valence-electron chi connectivity index (χ2n) is 7.50. The van der Waals surface area contributed by atoms with Gasteiger partial charge in [-0.3, -0.25) is 4.79 Å². The van der Waals surface area contributed by atoms with E-state index in [0.29, 0.717) is 42.9 Å². The molecular weight excluding hydrogens is 488 g/mol. The highest BCUT2D eigenvalue weighted by molar-refractivity contribution is 9.10. The molecule has 1 aromatic carbocycles. The highest BCUT2D eigenvalue weighted by Crippen LogP contribution is 2.29. The monoisotopic (exact) mass is 516 g/mol. The predicted molar refractivity (Wildman–Crippen MR) is 126 cm³/mol. The van der Waals surface area contributed by atoms with Crippen molar-refractivity contribution in [1.29, 1.82) is 0 Å². The van der Waals surface area contributed by atoms with Crippen LogP contribution in [0, 0.1) is 0 Å². The van der Waals surface area contributed by atoms with Crippen LogP contribution in [-0.4, -0.2) is 68.1 Å². The molecule has 1 aromatic heterocycles. The topological polar surface area (TPSA) is 134 Å². The highest BCUT2D eigenvalue weighted by atomic mass is 79.9. The maximum Gasteiger partial charge on any atom is 0.292 e. The second kappa shape index (κ2) is 9.98. The Kier molecular flexibility index (Phi) is 7.57. The summed E-state index contributed by atoms with van der Waals surface area (Å²) >= 11 is 3.44. The van der Waals surface area contributed by atoms with Crippen LogP contribution in [0.1, 0.15) is 25.8 Å². The zero-order chi connectivity index (χ0) is 22.6. The van der Waals surface area contributed by atoms with Gasteiger partial charge in [-0.05, 0) is 34.1 Å². The normalized spacial score (nSPS) is 15.4. The van der Waals surface area contributed by atoms with E-state index in [2.05, 4.69) is 36.4 Å². The first-order chi connectivity index (χ1) is 14.7. The number of sulfonamides is 1. The summed E-state index contributed by atoms with van der Waals surface area (Å²) in [7, 11) is -3.29. The van der Waals surface area contributed by atoms with Crippen molar-refractivity contribution < 1.29 is 19.1 Å². The number of rotatable bonds is 8. The van der Waals surface area contributed by atoms with E-state index < -0.39 is 15.9 Å². The number of halogens is 1. The fourth-order valence-corrected chi connectivity index (χ4v) is 4.91. The molecule has 172 valence electrons. The van der Waals surface area contributed by atoms with E-state index in [-0.39, 0.29) is 24.9 Å². The Bertz CT molecular complexity index is 1020. The molecule has 3 rings (SSSR count). The van der Waals surface area contributed by atoms with Gasteiger partial charge in [0.05, 0.1) is 11.4 Å². The smallest absolute Gasteiger partial charge is 0.292 e. The minimum atomic E-state index is -3.29. The summed E-state index contributed by atoms with van der Waals surface area (Å²) in [5.74, 6) is -0.351. The summed E-state index contributed by atoms with van der Waals surface area (Å²) < 4.78 is 32.2. The summed E-state index contributed by atoms with van der Waals surface area (Å²) in [5.41, 5.74) is 6.96. The molecule has 0 aliphatic carbocycles. The Morgan fingerprint density at radius 1 is 1.32 bits per heavy atom. The fraction of sp³-hybridized carbons (Fsp3) is 0.474. The van der Waals surface area contributed by atoms with Crippen molar-refractivity contribution >= 4 is 49.2 Å². The molecule has 1 amide bonds. The van der Waals surface area contributed by atoms with Crippen LogP contribution < -0.4 is 21.3 Å². The maximum atomic E-state index is 12.6. The number of benzene rings is 1. The third-order valence-corrected chi connectivity index (χ3v) is 7.43. The van der Waals surface area contributed by atoms with Gasteiger partial charge in [0, 0.05) is 50.4 Å². The summed E-state index contributed by atoms with van der Waals surface area (Å²) in [6, 6.07) is 5.77. The third kappa shape index (κ3) is 6.19. The van der Waals surface area contributed by atoms with Crippen molar-refractivity contribution in [3.05, 3.63) is 34.6 Å². The lowest BCUT2D eigenvalue weighted by Crippen LogP contribution is -2.50. The van der Waals surface area contributed by atoms with Crippen LogP contribution >= 0.6 is 15.9 Å². The van der Waals surface area contributed by atoms with Gasteiger partial charge in [0.2, 0.25) is 10.0 Å². The van der Waals surface area contributed by atoms with E-state index in [1.165, 1.54) is 6.26 Å². The standard InChI is InChI=1S/C19H27BrN6O4S.H2/c1-13(2)22-5-10-31(28,29)26-8-6-25(7-9-26)14-3-4-15(20)16(11-14)23-18(27)17-12-30-19(21)24-17;/h3-4,11-13,22H,5-10H2,1-2H3,(H2,21,24)(H,23,27);1H. The minimum absolute atomic E-state index is 0. The molecule has 31 heavy (non-hydrogen) atoms. The molecule has 2 heterocycles. The average Bonchev–Trinajstić information content (AvgIpc) is 3.16. The number of carbonyl (C=O) groups is 1. The number of piperazine rings is 1. The van der Waals surface area contributed by atoms with Gasteiger partial charge in [0.1, 0.15) is 6.26 Å². The lowest BCUT2D eigenvalue weighted by atomic mass is 10.2. The predicted octanol–water partition coefficient (Wildman–Crippen LogP) is 1.97. The van der Waals surface area contributed by atoms with Gasteiger partial charge in [-0.25, -0.2) is 8.42 Å². The first kappa shape index (κ1) is 23.5. The Morgan fingerprint density at radius 3 is 2.65 bits per heavy atom. The molecule has 10 nitrogen and oxygen atoms in total. The van der Waals surface area contributed by atoms with Crippen molar-refractivity contribution in [2.45, 2.75) is 19.9 Å². The Morgan fingerprint density at radius 2 is 2.03 bits per heavy atom. The molecule has 0 atom stereocenters. The molecule has 0 spiro atoms. The van der Waals surface area contributed by atoms with Crippen molar-refractivity contribution in [2.24, 2.45) is 0 Å². The van der Waals surface area contributed by atoms with E-state index in [9.17, 15) is 13.2 Å². The minimum Gasteiger partial charge on any atom is -0.431 e. The van der Waals surface area contributed by atoms with Crippen molar-refractivity contribution in [2.75, 3.05) is 54.4 Å². The van der Waals surface area contributed by atoms with Crippen molar-refractivity contribution in [3.63, 3.8) is 0 Å². The number of nitrogens with two attached hydrogens (primary N) is 1. The number of carbonyl (C=O) groups excluding carboxylic acids is 1. The van der Waals surface area contributed by atoms with Crippen molar-refractivity contribution in [3.8, 4) is 0 Å². The largest absolute Gasteiger partial charge is 0.431 e. The number of hydrogen-bond donors (Lipinski definition) is 3. The summed E-state index contributed by atoms with van der Waals surface area (Å²) in [5, 5.41) is 5.92. The van der Waals surface area contributed by atoms with E-state index in [4.69, 9.17) is 10.2 Å². The quantitative estimate of drug-likeness (QED) is 0.484. The molecule has 12 heteroatoms. The zero-order valence-electron chi connectivity index (χ0n) is 17.5. The number of amides is 1. The van der Waals surface area contributed by atoms with Crippen LogP contribution in [-0.2, 0) is 10.0 Å². The average molecular weight is 517 g/mol. The molecular formula is C19H29BrN6O4S. The number of hydrogen-bond acceptors (Lipinski definition) is 8. The highest BCUT2D eigenvalue weighted by Gasteiger charge is 2.27. The molecule has 0 unspecified atom stereocenters. The first-order valence-electron chi connectivity index (χ1n) is 9.94. The van der Waals surface area contributed by atoms with Crippen LogP contribution in [0.25, 0.3) is 0 Å². The molecule has 1 saturated heterocycles. The molecule has 0 saturated carbocycles. The molecule has 4 N–H and O–H groups in total. The van der Waals surface area contributed by atoms with E-state index in [1.54, 1.807) is 4.31 Å². The number of oxazole rings is 1. The number of anilines is 3. The zero-order valence-corrected chi connectivity index (χ0v) is 19.9. The molecule has 1 fully saturated rings. The van der Waals surface area contributed by atoms with Crippen LogP contribution in [0.15, 0.2) is 33.4 Å². The van der Waals surface area contributed by atoms with E-state index >= 15 is 0 Å². The van der Waals surface area contributed by atoms with Crippen LogP contribution in [0.2, 0.25) is 0 Å². The molecule has 0 radical (unpaired) electrons. The SMILES string of the molecule is CC(C)NCCS(=O)(=O)N1CCN(c2ccc(Br)c(NC(=O)c3coc(N)n3)c2)CC1.[HH]. The first-order valence-corrected chi connectivity index (χ1v) is 12.3. The lowest BCUT2D eigenvalue weighted by Gasteiger charge is -2.35. The molecule has 0 bridgehead atoms. The third-order valence-electron chi connectivity index (χ3n) is 4.86. The van der Waals surface area contributed by atoms with E-state index in [0.717, 1.165) is 5.69 Å². The maximum absolute atomic E-state index is 12.6. The molecule has 1 aliphatic rings. The Hall–Kier alpha value is -2.15. The lowest BCUT2D eigenvalue weighted by molar-refractivity contribution is 0.102. The Balaban J connectivity index is 0.00000363. The van der Waals surface area contributed by atoms with Gasteiger partial charge < -0.3 is 25.7 Å². The van der Waals surface area contributed by atoms with Gasteiger partial charge >= 0.3 is 0 Å². The van der Waals surface area contributed by atoms with Gasteiger partial charge in [-0.2, -0.15) is 9.29 Å². The summed E-state index contributed by atoms with van der Waals surface area (Å²) in [6.07, 6.45) is 1.19. The van der Waals surface area contributed by atoms with Crippen LogP contribution in [0.3, 0.4) is 0 Å². The summed E-state index contributed by atoms with van der Waals surface area (Å²) in [6.45, 7) is 6.37. The van der Waals surface area contributed by atoms with Gasteiger partial charge in [-0.1, -0.05) is 13.8 Å². The van der Waals surface area contributed by atoms with Crippen LogP contribution in [0.5, 0.6) is 0 Å². The molecule has 2 aromatic rings. The Labute approximate surface area is 191 Å². The number of nitrogen functional groups attached to an aromatic ring is 1. The number of aromatic nitrogens is 1. The second-order valence-corrected chi connectivity index (χ2v) is 10.4. The number of nitrogens with zero attached hydrogens (tertiary/aromatic N) is 3. The van der Waals surface area contributed by atoms with Gasteiger partial charge in [0.15, 0.2) is 5.69 Å². The van der Waals surface area contributed by atoms with Crippen LogP contribution in [0.4, 0.5) is 17.4 Å². The number of nitrogens with one attached hydrogen (secondary N) is 2. The summed E-state index contributed by atoms with van der Waals surface area (Å²) in [4.78, 5) is 18.3. The van der Waals surface area contributed by atoms with Gasteiger partial charge in [-0.15, -0.1) is 0 Å². The van der Waals surface area contributed by atoms with Gasteiger partial charge in [0.25, 0.3) is 11.9 Å². The molecule has 1 aliphatic heterocycles. The van der Waals surface area contributed by atoms with E-state index in [1.807, 2.05) is 32.0 Å².